The Balaban J connectivity index is 2.67. The van der Waals surface area contributed by atoms with E-state index in [0.717, 1.165) is 12.4 Å². The Labute approximate surface area is 98.0 Å². The maximum absolute atomic E-state index is 5.79. The van der Waals surface area contributed by atoms with Gasteiger partial charge in [0, 0.05) is 18.9 Å². The number of rotatable bonds is 5. The molecule has 0 aliphatic rings. The number of aromatic nitrogens is 2. The third-order valence-corrected chi connectivity index (χ3v) is 2.43. The fourth-order valence-corrected chi connectivity index (χ4v) is 1.52. The maximum atomic E-state index is 5.79. The number of nitrogens with one attached hydrogen (secondary N) is 1. The van der Waals surface area contributed by atoms with Gasteiger partial charge in [-0.25, -0.2) is 4.98 Å². The minimum atomic E-state index is -0.112. The van der Waals surface area contributed by atoms with Gasteiger partial charge in [-0.05, 0) is 34.7 Å². The van der Waals surface area contributed by atoms with Crippen molar-refractivity contribution in [1.29, 1.82) is 0 Å². The van der Waals surface area contributed by atoms with Crippen LogP contribution in [0.15, 0.2) is 12.4 Å². The molecule has 0 fully saturated rings. The van der Waals surface area contributed by atoms with Crippen molar-refractivity contribution in [2.24, 2.45) is 0 Å². The molecule has 0 aliphatic heterocycles. The molecule has 4 nitrogen and oxygen atoms in total. The second-order valence-electron chi connectivity index (χ2n) is 4.84. The molecule has 0 amide bonds. The largest absolute Gasteiger partial charge is 0.374 e. The molecule has 1 atom stereocenters. The quantitative estimate of drug-likeness (QED) is 0.833. The van der Waals surface area contributed by atoms with E-state index in [9.17, 15) is 0 Å². The number of aryl methyl sites for hydroxylation is 1. The molecule has 1 rings (SSSR count). The van der Waals surface area contributed by atoms with Crippen LogP contribution >= 0.6 is 0 Å². The van der Waals surface area contributed by atoms with Gasteiger partial charge < -0.3 is 14.6 Å². The van der Waals surface area contributed by atoms with Gasteiger partial charge in [0.05, 0.1) is 18.2 Å². The number of imidazole rings is 1. The highest BCUT2D eigenvalue weighted by Crippen LogP contribution is 2.15. The van der Waals surface area contributed by atoms with Crippen LogP contribution in [-0.2, 0) is 11.3 Å². The first-order chi connectivity index (χ1) is 7.48. The van der Waals surface area contributed by atoms with Crippen molar-refractivity contribution >= 4 is 0 Å². The molecule has 1 aromatic rings. The Bertz CT molecular complexity index is 314. The van der Waals surface area contributed by atoms with Gasteiger partial charge >= 0.3 is 0 Å². The van der Waals surface area contributed by atoms with Crippen LogP contribution in [0.3, 0.4) is 0 Å². The average Bonchev–Trinajstić information content (AvgIpc) is 2.65. The molecule has 0 spiro atoms. The van der Waals surface area contributed by atoms with Gasteiger partial charge in [-0.2, -0.15) is 0 Å². The third kappa shape index (κ3) is 3.61. The fourth-order valence-electron chi connectivity index (χ4n) is 1.52. The van der Waals surface area contributed by atoms with E-state index >= 15 is 0 Å². The van der Waals surface area contributed by atoms with E-state index in [0.29, 0.717) is 6.61 Å². The van der Waals surface area contributed by atoms with Crippen LogP contribution < -0.4 is 5.32 Å². The van der Waals surface area contributed by atoms with Crippen molar-refractivity contribution < 1.29 is 4.74 Å². The standard InChI is InChI=1S/C12H23N3O/c1-6-15-8-7-14-11(15)10(13-5)9-16-12(2,3)4/h7-8,10,13H,6,9H2,1-5H3. The summed E-state index contributed by atoms with van der Waals surface area (Å²) in [6, 6.07) is 0.147. The van der Waals surface area contributed by atoms with E-state index < -0.39 is 0 Å². The number of likely N-dealkylation sites (N-methyl/N-ethyl adjacent to an activating group) is 1. The molecule has 0 saturated carbocycles. The summed E-state index contributed by atoms with van der Waals surface area (Å²) in [5, 5.41) is 3.24. The minimum absolute atomic E-state index is 0.112. The van der Waals surface area contributed by atoms with E-state index in [1.807, 2.05) is 19.4 Å². The Kier molecular flexibility index (Phi) is 4.50. The van der Waals surface area contributed by atoms with Crippen LogP contribution in [0.4, 0.5) is 0 Å². The zero-order valence-corrected chi connectivity index (χ0v) is 10.9. The van der Waals surface area contributed by atoms with Crippen LogP contribution in [0.1, 0.15) is 39.6 Å². The molecule has 0 aromatic carbocycles. The first-order valence-electron chi connectivity index (χ1n) is 5.80. The van der Waals surface area contributed by atoms with Crippen LogP contribution in [0, 0.1) is 0 Å². The van der Waals surface area contributed by atoms with E-state index in [1.165, 1.54) is 0 Å². The van der Waals surface area contributed by atoms with Gasteiger partial charge in [-0.15, -0.1) is 0 Å². The van der Waals surface area contributed by atoms with Crippen LogP contribution in [-0.4, -0.2) is 28.8 Å². The number of hydrogen-bond donors (Lipinski definition) is 1. The van der Waals surface area contributed by atoms with E-state index in [1.54, 1.807) is 0 Å². The van der Waals surface area contributed by atoms with Crippen LogP contribution in [0.2, 0.25) is 0 Å². The molecule has 92 valence electrons. The topological polar surface area (TPSA) is 39.1 Å². The van der Waals surface area contributed by atoms with E-state index in [4.69, 9.17) is 4.74 Å². The Morgan fingerprint density at radius 3 is 2.69 bits per heavy atom. The van der Waals surface area contributed by atoms with Gasteiger partial charge in [0.2, 0.25) is 0 Å². The number of ether oxygens (including phenoxy) is 1. The number of nitrogens with zero attached hydrogens (tertiary/aromatic N) is 2. The van der Waals surface area contributed by atoms with Crippen LogP contribution in [0.25, 0.3) is 0 Å². The highest BCUT2D eigenvalue weighted by Gasteiger charge is 2.18. The maximum Gasteiger partial charge on any atom is 0.128 e. The molecule has 4 heteroatoms. The highest BCUT2D eigenvalue weighted by molar-refractivity contribution is 4.99. The molecular formula is C12H23N3O. The Morgan fingerprint density at radius 1 is 1.50 bits per heavy atom. The molecule has 1 unspecified atom stereocenters. The van der Waals surface area contributed by atoms with E-state index in [2.05, 4.69) is 42.6 Å². The summed E-state index contributed by atoms with van der Waals surface area (Å²) in [7, 11) is 1.94. The lowest BCUT2D eigenvalue weighted by atomic mass is 10.2. The summed E-state index contributed by atoms with van der Waals surface area (Å²) in [5.74, 6) is 1.04. The summed E-state index contributed by atoms with van der Waals surface area (Å²) < 4.78 is 7.92. The van der Waals surface area contributed by atoms with Gasteiger partial charge in [-0.3, -0.25) is 0 Å². The summed E-state index contributed by atoms with van der Waals surface area (Å²) >= 11 is 0. The van der Waals surface area contributed by atoms with Crippen molar-refractivity contribution in [2.75, 3.05) is 13.7 Å². The van der Waals surface area contributed by atoms with Crippen molar-refractivity contribution in [3.8, 4) is 0 Å². The van der Waals surface area contributed by atoms with Crippen molar-refractivity contribution in [1.82, 2.24) is 14.9 Å². The molecule has 0 bridgehead atoms. The zero-order chi connectivity index (χ0) is 12.2. The second-order valence-corrected chi connectivity index (χ2v) is 4.84. The second kappa shape index (κ2) is 5.46. The fraction of sp³-hybridized carbons (Fsp3) is 0.750. The molecular weight excluding hydrogens is 202 g/mol. The smallest absolute Gasteiger partial charge is 0.128 e. The molecule has 1 aromatic heterocycles. The molecule has 1 heterocycles. The average molecular weight is 225 g/mol. The van der Waals surface area contributed by atoms with Gasteiger partial charge in [0.25, 0.3) is 0 Å². The first-order valence-corrected chi connectivity index (χ1v) is 5.80. The number of hydrogen-bond acceptors (Lipinski definition) is 3. The molecule has 16 heavy (non-hydrogen) atoms. The minimum Gasteiger partial charge on any atom is -0.374 e. The molecule has 1 N–H and O–H groups in total. The van der Waals surface area contributed by atoms with Crippen molar-refractivity contribution in [3.05, 3.63) is 18.2 Å². The van der Waals surface area contributed by atoms with Gasteiger partial charge in [0.15, 0.2) is 0 Å². The summed E-state index contributed by atoms with van der Waals surface area (Å²) in [5.41, 5.74) is -0.112. The Morgan fingerprint density at radius 2 is 2.19 bits per heavy atom. The zero-order valence-electron chi connectivity index (χ0n) is 10.9. The van der Waals surface area contributed by atoms with Crippen LogP contribution in [0.5, 0.6) is 0 Å². The Hall–Kier alpha value is -0.870. The van der Waals surface area contributed by atoms with Gasteiger partial charge in [0.1, 0.15) is 5.82 Å². The van der Waals surface area contributed by atoms with Crippen molar-refractivity contribution in [2.45, 2.75) is 45.9 Å². The first kappa shape index (κ1) is 13.2. The highest BCUT2D eigenvalue weighted by atomic mass is 16.5. The predicted octanol–water partition coefficient (Wildman–Crippen LogP) is 1.98. The lowest BCUT2D eigenvalue weighted by Crippen LogP contribution is -2.30. The third-order valence-electron chi connectivity index (χ3n) is 2.43. The SMILES string of the molecule is CCn1ccnc1C(COC(C)(C)C)NC. The normalized spacial score (nSPS) is 14.1. The lowest BCUT2D eigenvalue weighted by molar-refractivity contribution is -0.0152. The summed E-state index contributed by atoms with van der Waals surface area (Å²) in [6.07, 6.45) is 3.83. The lowest BCUT2D eigenvalue weighted by Gasteiger charge is -2.24. The molecule has 0 radical (unpaired) electrons. The monoisotopic (exact) mass is 225 g/mol. The predicted molar refractivity (Wildman–Crippen MR) is 65.4 cm³/mol. The van der Waals surface area contributed by atoms with Gasteiger partial charge in [-0.1, -0.05) is 0 Å². The van der Waals surface area contributed by atoms with E-state index in [-0.39, 0.29) is 11.6 Å². The molecule has 0 aliphatic carbocycles. The molecule has 0 saturated heterocycles. The summed E-state index contributed by atoms with van der Waals surface area (Å²) in [6.45, 7) is 9.87. The van der Waals surface area contributed by atoms with Crippen molar-refractivity contribution in [3.63, 3.8) is 0 Å². The summed E-state index contributed by atoms with van der Waals surface area (Å²) in [4.78, 5) is 4.38.